The Bertz CT molecular complexity index is 720. The van der Waals surface area contributed by atoms with E-state index in [4.69, 9.17) is 0 Å². The number of nitrogens with zero attached hydrogens (tertiary/aromatic N) is 1. The molecule has 2 aliphatic heterocycles. The normalized spacial score (nSPS) is 25.5. The molecule has 31 heavy (non-hydrogen) atoms. The molecule has 0 radical (unpaired) electrons. The molecule has 176 valence electrons. The van der Waals surface area contributed by atoms with E-state index < -0.39 is 17.2 Å². The van der Waals surface area contributed by atoms with Gasteiger partial charge in [-0.3, -0.25) is 9.59 Å². The summed E-state index contributed by atoms with van der Waals surface area (Å²) in [5.41, 5.74) is -0.633. The van der Waals surface area contributed by atoms with Gasteiger partial charge in [0.1, 0.15) is 5.54 Å². The summed E-state index contributed by atoms with van der Waals surface area (Å²) in [5, 5.41) is 15.8. The van der Waals surface area contributed by atoms with E-state index in [2.05, 4.69) is 38.0 Å². The topological polar surface area (TPSA) is 98.7 Å². The molecule has 2 bridgehead atoms. The van der Waals surface area contributed by atoms with Gasteiger partial charge in [0, 0.05) is 24.5 Å². The Morgan fingerprint density at radius 1 is 1.00 bits per heavy atom. The van der Waals surface area contributed by atoms with Crippen LogP contribution in [-0.2, 0) is 9.59 Å². The Morgan fingerprint density at radius 3 is 1.90 bits per heavy atom. The minimum absolute atomic E-state index is 0.103. The van der Waals surface area contributed by atoms with Gasteiger partial charge in [0.05, 0.1) is 0 Å². The minimum Gasteiger partial charge on any atom is -0.465 e. The quantitative estimate of drug-likeness (QED) is 0.548. The molecule has 0 spiro atoms. The van der Waals surface area contributed by atoms with Crippen LogP contribution in [0.15, 0.2) is 12.2 Å². The van der Waals surface area contributed by atoms with Crippen molar-refractivity contribution in [1.82, 2.24) is 15.5 Å². The molecular weight excluding hydrogens is 394 g/mol. The molecule has 0 saturated carbocycles. The first-order valence-corrected chi connectivity index (χ1v) is 11.4. The molecule has 3 amide bonds. The Balaban J connectivity index is 2.44. The number of hydrogen-bond donors (Lipinski definition) is 3. The fourth-order valence-corrected chi connectivity index (χ4v) is 5.11. The maximum absolute atomic E-state index is 13.7. The van der Waals surface area contributed by atoms with Gasteiger partial charge in [-0.15, -0.1) is 0 Å². The van der Waals surface area contributed by atoms with Crippen molar-refractivity contribution in [2.45, 2.75) is 110 Å². The number of rotatable bonds is 6. The van der Waals surface area contributed by atoms with Gasteiger partial charge in [0.25, 0.3) is 0 Å². The highest BCUT2D eigenvalue weighted by Crippen LogP contribution is 2.45. The molecule has 2 aliphatic rings. The van der Waals surface area contributed by atoms with Crippen LogP contribution in [-0.4, -0.2) is 51.1 Å². The predicted octanol–water partition coefficient (Wildman–Crippen LogP) is 4.08. The van der Waals surface area contributed by atoms with Crippen LogP contribution in [0.3, 0.4) is 0 Å². The smallest absolute Gasteiger partial charge is 0.407 e. The van der Waals surface area contributed by atoms with Gasteiger partial charge in [-0.2, -0.15) is 0 Å². The molecule has 4 atom stereocenters. The van der Waals surface area contributed by atoms with Gasteiger partial charge in [0.2, 0.25) is 11.8 Å². The number of carboxylic acid groups (broad SMARTS) is 1. The molecule has 2 heterocycles. The van der Waals surface area contributed by atoms with Gasteiger partial charge >= 0.3 is 6.09 Å². The van der Waals surface area contributed by atoms with Gasteiger partial charge in [0.15, 0.2) is 0 Å². The molecule has 3 N–H and O–H groups in total. The van der Waals surface area contributed by atoms with Crippen molar-refractivity contribution in [2.75, 3.05) is 0 Å². The highest BCUT2D eigenvalue weighted by atomic mass is 16.4. The monoisotopic (exact) mass is 435 g/mol. The Hall–Kier alpha value is -2.05. The predicted molar refractivity (Wildman–Crippen MR) is 122 cm³/mol. The zero-order chi connectivity index (χ0) is 23.8. The van der Waals surface area contributed by atoms with E-state index in [9.17, 15) is 19.5 Å². The first kappa shape index (κ1) is 25.2. The number of amides is 3. The van der Waals surface area contributed by atoms with Crippen LogP contribution in [0.5, 0.6) is 0 Å². The highest BCUT2D eigenvalue weighted by molar-refractivity contribution is 5.92. The molecule has 7 nitrogen and oxygen atoms in total. The van der Waals surface area contributed by atoms with E-state index in [0.29, 0.717) is 25.7 Å². The molecule has 2 unspecified atom stereocenters. The lowest BCUT2D eigenvalue weighted by Gasteiger charge is -2.47. The fourth-order valence-electron chi connectivity index (χ4n) is 5.11. The van der Waals surface area contributed by atoms with Gasteiger partial charge in [-0.05, 0) is 70.6 Å². The van der Waals surface area contributed by atoms with Crippen LogP contribution >= 0.6 is 0 Å². The van der Waals surface area contributed by atoms with E-state index in [1.54, 1.807) is 4.90 Å². The molecule has 7 heteroatoms. The Morgan fingerprint density at radius 2 is 1.52 bits per heavy atom. The van der Waals surface area contributed by atoms with E-state index in [-0.39, 0.29) is 35.2 Å². The summed E-state index contributed by atoms with van der Waals surface area (Å²) < 4.78 is 0. The number of carbonyl (C=O) groups is 3. The summed E-state index contributed by atoms with van der Waals surface area (Å²) in [7, 11) is 0. The van der Waals surface area contributed by atoms with Gasteiger partial charge < -0.3 is 20.6 Å². The Labute approximate surface area is 187 Å². The summed E-state index contributed by atoms with van der Waals surface area (Å²) >= 11 is 0. The number of nitrogens with one attached hydrogen (secondary N) is 2. The third-order valence-electron chi connectivity index (χ3n) is 6.83. The summed E-state index contributed by atoms with van der Waals surface area (Å²) in [5.74, 6) is -0.580. The third-order valence-corrected chi connectivity index (χ3v) is 6.83. The zero-order valence-electron chi connectivity index (χ0n) is 20.3. The van der Waals surface area contributed by atoms with Crippen LogP contribution in [0.1, 0.15) is 87.0 Å². The van der Waals surface area contributed by atoms with Gasteiger partial charge in [-0.25, -0.2) is 4.79 Å². The van der Waals surface area contributed by atoms with E-state index in [1.807, 2.05) is 20.8 Å². The average molecular weight is 436 g/mol. The molecule has 0 aromatic heterocycles. The lowest BCUT2D eigenvalue weighted by molar-refractivity contribution is -0.138. The highest BCUT2D eigenvalue weighted by Gasteiger charge is 2.54. The lowest BCUT2D eigenvalue weighted by Crippen LogP contribution is -2.67. The molecular formula is C24H41N3O4. The summed E-state index contributed by atoms with van der Waals surface area (Å²) in [6.07, 6.45) is 2.91. The fraction of sp³-hybridized carbons (Fsp3) is 0.792. The van der Waals surface area contributed by atoms with E-state index >= 15 is 0 Å². The summed E-state index contributed by atoms with van der Waals surface area (Å²) in [6.45, 7) is 17.7. The molecule has 2 saturated heterocycles. The van der Waals surface area contributed by atoms with Crippen molar-refractivity contribution in [3.8, 4) is 0 Å². The van der Waals surface area contributed by atoms with Crippen LogP contribution in [0.25, 0.3) is 0 Å². The molecule has 0 aliphatic carbocycles. The first-order chi connectivity index (χ1) is 14.1. The molecule has 2 rings (SSSR count). The lowest BCUT2D eigenvalue weighted by atomic mass is 9.70. The maximum Gasteiger partial charge on any atom is 0.407 e. The summed E-state index contributed by atoms with van der Waals surface area (Å²) in [6, 6.07) is -0.217. The average Bonchev–Trinajstić information content (AvgIpc) is 2.86. The SMILES string of the molecule is C=C(CCC(NC(C)=O)(C(=O)NC(C)(C)C)C1C[C@H]2CC[C@@H](C1)N2C(=O)O)C(C)(C)C. The second-order valence-corrected chi connectivity index (χ2v) is 11.5. The minimum atomic E-state index is -1.10. The first-order valence-electron chi connectivity index (χ1n) is 11.4. The number of hydrogen-bond acceptors (Lipinski definition) is 3. The van der Waals surface area contributed by atoms with E-state index in [1.165, 1.54) is 6.92 Å². The van der Waals surface area contributed by atoms with E-state index in [0.717, 1.165) is 18.4 Å². The van der Waals surface area contributed by atoms with Crippen molar-refractivity contribution >= 4 is 17.9 Å². The zero-order valence-corrected chi connectivity index (χ0v) is 20.3. The van der Waals surface area contributed by atoms with Crippen LogP contribution < -0.4 is 10.6 Å². The van der Waals surface area contributed by atoms with Crippen molar-refractivity contribution < 1.29 is 19.5 Å². The number of carbonyl (C=O) groups excluding carboxylic acids is 2. The number of piperidine rings is 1. The molecule has 0 aromatic rings. The van der Waals surface area contributed by atoms with Crippen molar-refractivity contribution in [1.29, 1.82) is 0 Å². The number of fused-ring (bicyclic) bond motifs is 2. The van der Waals surface area contributed by atoms with Crippen molar-refractivity contribution in [3.05, 3.63) is 12.2 Å². The number of allylic oxidation sites excluding steroid dienone is 1. The third kappa shape index (κ3) is 5.80. The maximum atomic E-state index is 13.7. The summed E-state index contributed by atoms with van der Waals surface area (Å²) in [4.78, 5) is 39.4. The van der Waals surface area contributed by atoms with Crippen LogP contribution in [0.4, 0.5) is 4.79 Å². The van der Waals surface area contributed by atoms with Crippen molar-refractivity contribution in [3.63, 3.8) is 0 Å². The second kappa shape index (κ2) is 8.83. The largest absolute Gasteiger partial charge is 0.465 e. The van der Waals surface area contributed by atoms with Crippen LogP contribution in [0, 0.1) is 11.3 Å². The standard InChI is InChI=1S/C24H41N3O4/c1-15(22(3,4)5)11-12-24(25-16(2)28,20(29)26-23(6,7)8)17-13-18-9-10-19(14-17)27(18)21(30)31/h17-19H,1,9-14H2,2-8H3,(H,25,28)(H,26,29)(H,30,31)/t17?,18-,19+,24?. The molecule has 0 aromatic carbocycles. The second-order valence-electron chi connectivity index (χ2n) is 11.5. The molecule has 2 fully saturated rings. The Kier molecular flexibility index (Phi) is 7.18. The van der Waals surface area contributed by atoms with Crippen LogP contribution in [0.2, 0.25) is 0 Å². The van der Waals surface area contributed by atoms with Crippen molar-refractivity contribution in [2.24, 2.45) is 11.3 Å². The van der Waals surface area contributed by atoms with Gasteiger partial charge in [-0.1, -0.05) is 32.9 Å².